The second-order valence-corrected chi connectivity index (χ2v) is 2.82. The van der Waals surface area contributed by atoms with Crippen molar-refractivity contribution in [3.63, 3.8) is 0 Å². The van der Waals surface area contributed by atoms with Gasteiger partial charge in [0.25, 0.3) is 5.91 Å². The van der Waals surface area contributed by atoms with Gasteiger partial charge < -0.3 is 11.1 Å². The zero-order valence-corrected chi connectivity index (χ0v) is 6.42. The maximum Gasteiger partial charge on any atom is 0.251 e. The van der Waals surface area contributed by atoms with Crippen LogP contribution in [0.15, 0.2) is 12.1 Å². The van der Waals surface area contributed by atoms with Crippen LogP contribution in [0.2, 0.25) is 0 Å². The van der Waals surface area contributed by atoms with E-state index in [1.54, 1.807) is 12.1 Å². The molecule has 1 aliphatic heterocycles. The highest BCUT2D eigenvalue weighted by molar-refractivity contribution is 6.34. The van der Waals surface area contributed by atoms with Gasteiger partial charge in [0, 0.05) is 17.8 Å². The van der Waals surface area contributed by atoms with Crippen LogP contribution in [-0.4, -0.2) is 13.8 Å². The highest BCUT2D eigenvalue weighted by Gasteiger charge is 2.19. The molecule has 0 atom stereocenters. The van der Waals surface area contributed by atoms with Crippen molar-refractivity contribution >= 4 is 24.9 Å². The molecule has 0 aliphatic carbocycles. The van der Waals surface area contributed by atoms with E-state index >= 15 is 0 Å². The number of hydrogen-bond donors (Lipinski definition) is 2. The summed E-state index contributed by atoms with van der Waals surface area (Å²) < 4.78 is 0. The third kappa shape index (κ3) is 0.880. The minimum atomic E-state index is -0.0935. The minimum Gasteiger partial charge on any atom is -0.399 e. The molecule has 2 radical (unpaired) electrons. The summed E-state index contributed by atoms with van der Waals surface area (Å²) in [4.78, 5) is 11.1. The summed E-state index contributed by atoms with van der Waals surface area (Å²) >= 11 is 0. The van der Waals surface area contributed by atoms with E-state index in [0.29, 0.717) is 23.3 Å². The van der Waals surface area contributed by atoms with Crippen LogP contribution in [0.4, 0.5) is 5.69 Å². The Kier molecular flexibility index (Phi) is 1.36. The first-order chi connectivity index (χ1) is 5.68. The van der Waals surface area contributed by atoms with E-state index in [1.165, 1.54) is 0 Å². The van der Waals surface area contributed by atoms with Crippen molar-refractivity contribution < 1.29 is 4.79 Å². The Labute approximate surface area is 71.4 Å². The number of nitrogen functional groups attached to an aromatic ring is 1. The fourth-order valence-corrected chi connectivity index (χ4v) is 1.38. The fourth-order valence-electron chi connectivity index (χ4n) is 1.38. The number of rotatable bonds is 0. The lowest BCUT2D eigenvalue weighted by molar-refractivity contribution is 0.0966. The predicted octanol–water partition coefficient (Wildman–Crippen LogP) is -0.694. The Balaban J connectivity index is 2.68. The molecule has 1 amide bonds. The minimum absolute atomic E-state index is 0.0935. The molecule has 0 saturated carbocycles. The van der Waals surface area contributed by atoms with Crippen molar-refractivity contribution in [3.8, 4) is 0 Å². The van der Waals surface area contributed by atoms with Crippen molar-refractivity contribution in [1.82, 2.24) is 5.32 Å². The molecule has 2 rings (SSSR count). The van der Waals surface area contributed by atoms with Gasteiger partial charge in [-0.15, -0.1) is 0 Å². The molecular formula is C8H7BN2O. The van der Waals surface area contributed by atoms with Gasteiger partial charge in [-0.3, -0.25) is 4.79 Å². The van der Waals surface area contributed by atoms with Crippen molar-refractivity contribution in [2.24, 2.45) is 0 Å². The van der Waals surface area contributed by atoms with Crippen LogP contribution in [0, 0.1) is 0 Å². The average molecular weight is 158 g/mol. The topological polar surface area (TPSA) is 55.1 Å². The Morgan fingerprint density at radius 1 is 1.50 bits per heavy atom. The molecule has 1 heterocycles. The number of fused-ring (bicyclic) bond motifs is 1. The Hall–Kier alpha value is -1.45. The number of carbonyl (C=O) groups excluding carboxylic acids is 1. The Morgan fingerprint density at radius 3 is 3.00 bits per heavy atom. The van der Waals surface area contributed by atoms with E-state index in [2.05, 4.69) is 5.32 Å². The van der Waals surface area contributed by atoms with Crippen LogP contribution in [0.25, 0.3) is 0 Å². The van der Waals surface area contributed by atoms with Crippen LogP contribution >= 0.6 is 0 Å². The maximum atomic E-state index is 11.1. The lowest BCUT2D eigenvalue weighted by Crippen LogP contribution is -2.12. The Morgan fingerprint density at radius 2 is 2.25 bits per heavy atom. The van der Waals surface area contributed by atoms with Gasteiger partial charge >= 0.3 is 0 Å². The van der Waals surface area contributed by atoms with Crippen molar-refractivity contribution in [2.45, 2.75) is 6.54 Å². The van der Waals surface area contributed by atoms with Gasteiger partial charge in [-0.25, -0.2) is 0 Å². The van der Waals surface area contributed by atoms with Crippen LogP contribution < -0.4 is 16.5 Å². The summed E-state index contributed by atoms with van der Waals surface area (Å²) in [5.41, 5.74) is 8.11. The summed E-state index contributed by atoms with van der Waals surface area (Å²) in [5, 5.41) is 2.68. The van der Waals surface area contributed by atoms with E-state index in [-0.39, 0.29) is 5.91 Å². The molecule has 4 heteroatoms. The van der Waals surface area contributed by atoms with Crippen LogP contribution in [0.1, 0.15) is 15.9 Å². The highest BCUT2D eigenvalue weighted by atomic mass is 16.1. The molecule has 0 unspecified atom stereocenters. The molecule has 1 aromatic rings. The molecule has 12 heavy (non-hydrogen) atoms. The molecule has 0 saturated heterocycles. The van der Waals surface area contributed by atoms with Gasteiger partial charge in [-0.1, -0.05) is 5.46 Å². The predicted molar refractivity (Wildman–Crippen MR) is 47.4 cm³/mol. The molecular weight excluding hydrogens is 151 g/mol. The molecule has 3 nitrogen and oxygen atoms in total. The van der Waals surface area contributed by atoms with Crippen molar-refractivity contribution in [1.29, 1.82) is 0 Å². The number of nitrogens with one attached hydrogen (secondary N) is 1. The summed E-state index contributed by atoms with van der Waals surface area (Å²) in [6.07, 6.45) is 0. The fraction of sp³-hybridized carbons (Fsp3) is 0.125. The van der Waals surface area contributed by atoms with Gasteiger partial charge in [-0.2, -0.15) is 0 Å². The molecule has 0 bridgehead atoms. The molecule has 58 valence electrons. The molecule has 1 aromatic carbocycles. The second-order valence-electron chi connectivity index (χ2n) is 2.82. The third-order valence-electron chi connectivity index (χ3n) is 1.98. The van der Waals surface area contributed by atoms with Crippen LogP contribution in [0.3, 0.4) is 0 Å². The van der Waals surface area contributed by atoms with E-state index in [4.69, 9.17) is 13.6 Å². The first-order valence-corrected chi connectivity index (χ1v) is 3.64. The van der Waals surface area contributed by atoms with Gasteiger partial charge in [0.15, 0.2) is 0 Å². The van der Waals surface area contributed by atoms with Crippen LogP contribution in [0.5, 0.6) is 0 Å². The SMILES string of the molecule is [B]c1cc(N)cc2c1CNC2=O. The van der Waals surface area contributed by atoms with Gasteiger partial charge in [-0.05, 0) is 17.7 Å². The van der Waals surface area contributed by atoms with E-state index < -0.39 is 0 Å². The number of carbonyl (C=O) groups is 1. The third-order valence-corrected chi connectivity index (χ3v) is 1.98. The van der Waals surface area contributed by atoms with Crippen molar-refractivity contribution in [3.05, 3.63) is 23.3 Å². The number of anilines is 1. The molecule has 0 spiro atoms. The zero-order valence-electron chi connectivity index (χ0n) is 6.42. The zero-order chi connectivity index (χ0) is 8.72. The summed E-state index contributed by atoms with van der Waals surface area (Å²) in [5.74, 6) is -0.0935. The van der Waals surface area contributed by atoms with Gasteiger partial charge in [0.1, 0.15) is 7.85 Å². The first kappa shape index (κ1) is 7.22. The van der Waals surface area contributed by atoms with Crippen molar-refractivity contribution in [2.75, 3.05) is 5.73 Å². The van der Waals surface area contributed by atoms with E-state index in [0.717, 1.165) is 5.56 Å². The maximum absolute atomic E-state index is 11.1. The average Bonchev–Trinajstić information content (AvgIpc) is 2.33. The number of nitrogens with two attached hydrogens (primary N) is 1. The largest absolute Gasteiger partial charge is 0.399 e. The lowest BCUT2D eigenvalue weighted by atomic mass is 9.88. The smallest absolute Gasteiger partial charge is 0.251 e. The molecule has 0 fully saturated rings. The summed E-state index contributed by atoms with van der Waals surface area (Å²) in [7, 11) is 5.66. The number of benzene rings is 1. The standard InChI is InChI=1S/C8H7BN2O/c9-7-2-4(10)1-5-6(7)3-11-8(5)12/h1-2H,3,10H2,(H,11,12). The molecule has 1 aliphatic rings. The Bertz CT molecular complexity index is 362. The second kappa shape index (κ2) is 2.27. The lowest BCUT2D eigenvalue weighted by Gasteiger charge is -2.02. The van der Waals surface area contributed by atoms with Crippen LogP contribution in [-0.2, 0) is 6.54 Å². The van der Waals surface area contributed by atoms with E-state index in [9.17, 15) is 4.79 Å². The number of hydrogen-bond acceptors (Lipinski definition) is 2. The number of amides is 1. The van der Waals surface area contributed by atoms with Gasteiger partial charge in [0.05, 0.1) is 0 Å². The van der Waals surface area contributed by atoms with Gasteiger partial charge in [0.2, 0.25) is 0 Å². The monoisotopic (exact) mass is 158 g/mol. The molecule has 0 aromatic heterocycles. The van der Waals surface area contributed by atoms with E-state index in [1.807, 2.05) is 0 Å². The molecule has 3 N–H and O–H groups in total. The highest BCUT2D eigenvalue weighted by Crippen LogP contribution is 2.15. The normalized spacial score (nSPS) is 14.2. The first-order valence-electron chi connectivity index (χ1n) is 3.64. The quantitative estimate of drug-likeness (QED) is 0.387. The summed E-state index contributed by atoms with van der Waals surface area (Å²) in [6.45, 7) is 0.514. The summed E-state index contributed by atoms with van der Waals surface area (Å²) in [6, 6.07) is 3.31.